The van der Waals surface area contributed by atoms with Crippen LogP contribution < -0.4 is 10.1 Å². The minimum atomic E-state index is -4.02. The number of benzene rings is 2. The fourth-order valence-corrected chi connectivity index (χ4v) is 4.51. The molecule has 4 rings (SSSR count). The highest BCUT2D eigenvalue weighted by atomic mass is 35.5. The lowest BCUT2D eigenvalue weighted by Crippen LogP contribution is -2.19. The first-order valence-corrected chi connectivity index (χ1v) is 9.49. The van der Waals surface area contributed by atoms with Gasteiger partial charge in [0.1, 0.15) is 22.6 Å². The van der Waals surface area contributed by atoms with Gasteiger partial charge in [0.15, 0.2) is 0 Å². The van der Waals surface area contributed by atoms with Gasteiger partial charge in [0, 0.05) is 18.1 Å². The molecule has 0 spiro atoms. The molecule has 1 aromatic heterocycles. The lowest BCUT2D eigenvalue weighted by Gasteiger charge is -2.14. The van der Waals surface area contributed by atoms with Crippen LogP contribution in [0.3, 0.4) is 0 Å². The normalized spacial score (nSPS) is 17.2. The maximum Gasteiger partial charge on any atom is 0.271 e. The molecule has 0 aliphatic carbocycles. The Morgan fingerprint density at radius 3 is 2.65 bits per heavy atom. The van der Waals surface area contributed by atoms with Crippen molar-refractivity contribution in [2.45, 2.75) is 17.4 Å². The number of ether oxygens (including phenoxy) is 1. The second-order valence-electron chi connectivity index (χ2n) is 5.97. The minimum absolute atomic E-state index is 0. The van der Waals surface area contributed by atoms with Crippen LogP contribution in [0.15, 0.2) is 59.6 Å². The van der Waals surface area contributed by atoms with Crippen molar-refractivity contribution in [2.75, 3.05) is 13.1 Å². The van der Waals surface area contributed by atoms with Crippen molar-refractivity contribution in [3.05, 3.63) is 60.5 Å². The Hall–Kier alpha value is -2.09. The smallest absolute Gasteiger partial charge is 0.271 e. The van der Waals surface area contributed by atoms with Crippen LogP contribution in [0.2, 0.25) is 0 Å². The van der Waals surface area contributed by atoms with E-state index in [-0.39, 0.29) is 23.4 Å². The number of hydrogen-bond acceptors (Lipinski definition) is 4. The molecule has 3 aromatic rings. The summed E-state index contributed by atoms with van der Waals surface area (Å²) in [5.41, 5.74) is 0.465. The molecule has 1 N–H and O–H groups in total. The first-order chi connectivity index (χ1) is 12.1. The van der Waals surface area contributed by atoms with Gasteiger partial charge in [-0.25, -0.2) is 16.8 Å². The lowest BCUT2D eigenvalue weighted by atomic mass is 10.2. The zero-order valence-corrected chi connectivity index (χ0v) is 15.4. The summed E-state index contributed by atoms with van der Waals surface area (Å²) in [7, 11) is -4.02. The van der Waals surface area contributed by atoms with Gasteiger partial charge in [-0.2, -0.15) is 0 Å². The average molecular weight is 397 g/mol. The van der Waals surface area contributed by atoms with E-state index in [0.29, 0.717) is 16.7 Å². The number of aromatic nitrogens is 1. The first-order valence-electron chi connectivity index (χ1n) is 8.05. The summed E-state index contributed by atoms with van der Waals surface area (Å²) >= 11 is 0. The first kappa shape index (κ1) is 18.7. The fourth-order valence-electron chi connectivity index (χ4n) is 3.10. The molecule has 1 aliphatic heterocycles. The molecule has 2 aromatic carbocycles. The molecule has 1 unspecified atom stereocenters. The molecule has 1 aliphatic rings. The van der Waals surface area contributed by atoms with Gasteiger partial charge < -0.3 is 10.1 Å². The summed E-state index contributed by atoms with van der Waals surface area (Å²) in [4.78, 5) is -0.348. The van der Waals surface area contributed by atoms with Crippen LogP contribution in [-0.4, -0.2) is 31.6 Å². The van der Waals surface area contributed by atoms with E-state index in [1.807, 2.05) is 6.07 Å². The van der Waals surface area contributed by atoms with Crippen LogP contribution in [0.1, 0.15) is 6.42 Å². The predicted octanol–water partition coefficient (Wildman–Crippen LogP) is 3.18. The molecule has 26 heavy (non-hydrogen) atoms. The van der Waals surface area contributed by atoms with E-state index in [9.17, 15) is 12.8 Å². The van der Waals surface area contributed by atoms with Crippen LogP contribution in [0.4, 0.5) is 4.39 Å². The van der Waals surface area contributed by atoms with Crippen LogP contribution >= 0.6 is 12.4 Å². The average Bonchev–Trinajstić information content (AvgIpc) is 3.25. The SMILES string of the molecule is Cl.O=S(=O)(c1ccccc1F)n1ccc2c(OC3CCNC3)cccc21. The van der Waals surface area contributed by atoms with Gasteiger partial charge in [-0.05, 0) is 43.3 Å². The third kappa shape index (κ3) is 3.18. The number of hydrogen-bond donors (Lipinski definition) is 1. The van der Waals surface area contributed by atoms with Gasteiger partial charge >= 0.3 is 0 Å². The molecule has 5 nitrogen and oxygen atoms in total. The Labute approximate surface area is 157 Å². The standard InChI is InChI=1S/C18H17FN2O3S.ClH/c19-15-4-1-2-7-18(15)25(22,23)21-11-9-14-16(21)5-3-6-17(14)24-13-8-10-20-12-13;/h1-7,9,11,13,20H,8,10,12H2;1H. The Bertz CT molecular complexity index is 1030. The molecule has 0 radical (unpaired) electrons. The number of nitrogens with zero attached hydrogens (tertiary/aromatic N) is 1. The summed E-state index contributed by atoms with van der Waals surface area (Å²) in [5.74, 6) is -0.137. The van der Waals surface area contributed by atoms with Crippen molar-refractivity contribution in [1.82, 2.24) is 9.29 Å². The lowest BCUT2D eigenvalue weighted by molar-refractivity contribution is 0.226. The van der Waals surface area contributed by atoms with Crippen LogP contribution in [-0.2, 0) is 10.0 Å². The number of fused-ring (bicyclic) bond motifs is 1. The summed E-state index contributed by atoms with van der Waals surface area (Å²) < 4.78 is 46.8. The molecule has 0 bridgehead atoms. The van der Waals surface area contributed by atoms with Gasteiger partial charge in [0.2, 0.25) is 0 Å². The van der Waals surface area contributed by atoms with Gasteiger partial charge in [0.25, 0.3) is 10.0 Å². The van der Waals surface area contributed by atoms with Crippen molar-refractivity contribution in [1.29, 1.82) is 0 Å². The zero-order valence-electron chi connectivity index (χ0n) is 13.8. The van der Waals surface area contributed by atoms with Crippen LogP contribution in [0.5, 0.6) is 5.75 Å². The van der Waals surface area contributed by atoms with Gasteiger partial charge in [0.05, 0.1) is 5.52 Å². The van der Waals surface area contributed by atoms with Gasteiger partial charge in [-0.3, -0.25) is 0 Å². The molecular weight excluding hydrogens is 379 g/mol. The van der Waals surface area contributed by atoms with E-state index < -0.39 is 15.8 Å². The van der Waals surface area contributed by atoms with Crippen LogP contribution in [0.25, 0.3) is 10.9 Å². The monoisotopic (exact) mass is 396 g/mol. The molecule has 1 saturated heterocycles. The third-order valence-electron chi connectivity index (χ3n) is 4.34. The summed E-state index contributed by atoms with van der Waals surface area (Å²) in [6.45, 7) is 1.67. The van der Waals surface area contributed by atoms with E-state index >= 15 is 0 Å². The third-order valence-corrected chi connectivity index (χ3v) is 6.06. The Kier molecular flexibility index (Phi) is 5.22. The highest BCUT2D eigenvalue weighted by molar-refractivity contribution is 7.90. The molecule has 1 atom stereocenters. The van der Waals surface area contributed by atoms with Crippen LogP contribution in [0, 0.1) is 5.82 Å². The number of halogens is 2. The molecular formula is C18H18ClFN2O3S. The van der Waals surface area contributed by atoms with Gasteiger partial charge in [-0.15, -0.1) is 12.4 Å². The topological polar surface area (TPSA) is 60.3 Å². The van der Waals surface area contributed by atoms with E-state index in [4.69, 9.17) is 4.74 Å². The second kappa shape index (κ2) is 7.26. The van der Waals surface area contributed by atoms with E-state index in [1.54, 1.807) is 18.2 Å². The maximum absolute atomic E-state index is 14.0. The quantitative estimate of drug-likeness (QED) is 0.735. The maximum atomic E-state index is 14.0. The highest BCUT2D eigenvalue weighted by Gasteiger charge is 2.24. The van der Waals surface area contributed by atoms with E-state index in [1.165, 1.54) is 24.4 Å². The molecule has 8 heteroatoms. The molecule has 1 fully saturated rings. The van der Waals surface area contributed by atoms with Crippen molar-refractivity contribution in [2.24, 2.45) is 0 Å². The Morgan fingerprint density at radius 2 is 1.92 bits per heavy atom. The molecule has 0 saturated carbocycles. The largest absolute Gasteiger partial charge is 0.488 e. The number of rotatable bonds is 4. The molecule has 2 heterocycles. The van der Waals surface area contributed by atoms with Gasteiger partial charge in [-0.1, -0.05) is 18.2 Å². The Morgan fingerprint density at radius 1 is 1.12 bits per heavy atom. The van der Waals surface area contributed by atoms with Crippen molar-refractivity contribution >= 4 is 33.3 Å². The van der Waals surface area contributed by atoms with E-state index in [0.717, 1.165) is 29.5 Å². The highest BCUT2D eigenvalue weighted by Crippen LogP contribution is 2.31. The van der Waals surface area contributed by atoms with Crippen molar-refractivity contribution in [3.8, 4) is 5.75 Å². The Balaban J connectivity index is 0.00000196. The van der Waals surface area contributed by atoms with Crippen molar-refractivity contribution < 1.29 is 17.5 Å². The summed E-state index contributed by atoms with van der Waals surface area (Å²) in [6, 6.07) is 12.3. The zero-order chi connectivity index (χ0) is 17.4. The molecule has 138 valence electrons. The summed E-state index contributed by atoms with van der Waals surface area (Å²) in [5, 5.41) is 3.92. The van der Waals surface area contributed by atoms with Crippen molar-refractivity contribution in [3.63, 3.8) is 0 Å². The summed E-state index contributed by atoms with van der Waals surface area (Å²) in [6.07, 6.45) is 2.41. The predicted molar refractivity (Wildman–Crippen MR) is 100 cm³/mol. The number of nitrogens with one attached hydrogen (secondary N) is 1. The minimum Gasteiger partial charge on any atom is -0.488 e. The van der Waals surface area contributed by atoms with E-state index in [2.05, 4.69) is 5.32 Å². The fraction of sp³-hybridized carbons (Fsp3) is 0.222. The molecule has 0 amide bonds. The second-order valence-corrected chi connectivity index (χ2v) is 7.75.